The van der Waals surface area contributed by atoms with Gasteiger partial charge in [-0.3, -0.25) is 9.69 Å². The quantitative estimate of drug-likeness (QED) is 0.595. The van der Waals surface area contributed by atoms with Crippen LogP contribution in [0.4, 0.5) is 4.39 Å². The van der Waals surface area contributed by atoms with Crippen LogP contribution in [0.25, 0.3) is 10.9 Å². The second kappa shape index (κ2) is 6.64. The number of amides is 1. The molecule has 2 aromatic rings. The Labute approximate surface area is 172 Å². The number of halogens is 2. The summed E-state index contributed by atoms with van der Waals surface area (Å²) in [5.74, 6) is -1.32. The predicted molar refractivity (Wildman–Crippen MR) is 104 cm³/mol. The number of ether oxygens (including phenoxy) is 1. The summed E-state index contributed by atoms with van der Waals surface area (Å²) >= 11 is 6.25. The molecule has 1 fully saturated rings. The molecule has 29 heavy (non-hydrogen) atoms. The predicted octanol–water partition coefficient (Wildman–Crippen LogP) is 3.41. The van der Waals surface area contributed by atoms with Crippen molar-refractivity contribution in [2.45, 2.75) is 63.8 Å². The molecule has 1 N–H and O–H groups in total. The number of carbonyl (C=O) groups excluding carboxylic acids is 2. The van der Waals surface area contributed by atoms with Crippen molar-refractivity contribution in [3.8, 4) is 0 Å². The molecule has 0 spiro atoms. The lowest BCUT2D eigenvalue weighted by atomic mass is 9.92. The van der Waals surface area contributed by atoms with Gasteiger partial charge in [0.05, 0.1) is 12.1 Å². The number of aliphatic hydroxyl groups is 1. The Hall–Kier alpha value is -2.25. The van der Waals surface area contributed by atoms with Crippen molar-refractivity contribution >= 4 is 34.4 Å². The summed E-state index contributed by atoms with van der Waals surface area (Å²) in [4.78, 5) is 31.8. The van der Waals surface area contributed by atoms with E-state index in [0.717, 1.165) is 5.56 Å². The summed E-state index contributed by atoms with van der Waals surface area (Å²) in [5.41, 5.74) is -0.599. The lowest BCUT2D eigenvalue weighted by Gasteiger charge is -2.39. The van der Waals surface area contributed by atoms with Crippen LogP contribution in [0.1, 0.15) is 55.5 Å². The minimum Gasteiger partial charge on any atom is -0.431 e. The minimum atomic E-state index is -1.73. The van der Waals surface area contributed by atoms with Crippen molar-refractivity contribution in [2.24, 2.45) is 0 Å². The second-order valence-corrected chi connectivity index (χ2v) is 8.17. The highest BCUT2D eigenvalue weighted by molar-refractivity contribution is 6.18. The first-order chi connectivity index (χ1) is 13.6. The van der Waals surface area contributed by atoms with Gasteiger partial charge in [-0.15, -0.1) is 11.6 Å². The van der Waals surface area contributed by atoms with Gasteiger partial charge in [0.1, 0.15) is 11.5 Å². The van der Waals surface area contributed by atoms with Crippen molar-refractivity contribution in [3.05, 3.63) is 40.3 Å². The van der Waals surface area contributed by atoms with Crippen molar-refractivity contribution < 1.29 is 23.8 Å². The van der Waals surface area contributed by atoms with Gasteiger partial charge in [0.2, 0.25) is 11.6 Å². The number of rotatable bonds is 2. The van der Waals surface area contributed by atoms with E-state index < -0.39 is 23.1 Å². The number of hydrogen-bond donors (Lipinski definition) is 1. The number of aryl methyl sites for hydroxylation is 1. The molecule has 0 radical (unpaired) electrons. The van der Waals surface area contributed by atoms with Gasteiger partial charge >= 0.3 is 5.97 Å². The molecule has 2 aliphatic rings. The molecule has 1 aromatic carbocycles. The minimum absolute atomic E-state index is 0.00643. The Balaban J connectivity index is 1.96. The maximum absolute atomic E-state index is 14.2. The van der Waals surface area contributed by atoms with Crippen LogP contribution in [0.3, 0.4) is 0 Å². The molecule has 4 rings (SSSR count). The van der Waals surface area contributed by atoms with Crippen LogP contribution in [-0.2, 0) is 32.5 Å². The van der Waals surface area contributed by atoms with E-state index in [0.29, 0.717) is 27.7 Å². The number of fused-ring (bicyclic) bond motifs is 4. The molecule has 154 valence electrons. The van der Waals surface area contributed by atoms with Crippen LogP contribution in [0.5, 0.6) is 0 Å². The van der Waals surface area contributed by atoms with Gasteiger partial charge in [-0.05, 0) is 37.0 Å². The monoisotopic (exact) mass is 420 g/mol. The van der Waals surface area contributed by atoms with E-state index in [-0.39, 0.29) is 37.6 Å². The van der Waals surface area contributed by atoms with Crippen LogP contribution in [-0.4, -0.2) is 32.5 Å². The number of carbonyl (C=O) groups is 2. The smallest absolute Gasteiger partial charge is 0.340 e. The van der Waals surface area contributed by atoms with Crippen LogP contribution < -0.4 is 0 Å². The zero-order chi connectivity index (χ0) is 21.1. The molecule has 6 nitrogen and oxygen atoms in total. The van der Waals surface area contributed by atoms with Crippen molar-refractivity contribution in [1.82, 2.24) is 9.88 Å². The Morgan fingerprint density at radius 2 is 2.10 bits per heavy atom. The van der Waals surface area contributed by atoms with E-state index >= 15 is 0 Å². The first-order valence-corrected chi connectivity index (χ1v) is 10.1. The van der Waals surface area contributed by atoms with Gasteiger partial charge in [0.15, 0.2) is 5.60 Å². The number of hydrogen-bond acceptors (Lipinski definition) is 5. The lowest BCUT2D eigenvalue weighted by Crippen LogP contribution is -2.53. The van der Waals surface area contributed by atoms with Gasteiger partial charge in [-0.2, -0.15) is 0 Å². The van der Waals surface area contributed by atoms with Crippen LogP contribution in [0.2, 0.25) is 0 Å². The maximum atomic E-state index is 14.2. The summed E-state index contributed by atoms with van der Waals surface area (Å²) in [5, 5.41) is 11.4. The van der Waals surface area contributed by atoms with E-state index in [2.05, 4.69) is 4.98 Å². The molecule has 2 aliphatic heterocycles. The van der Waals surface area contributed by atoms with Crippen molar-refractivity contribution in [3.63, 3.8) is 0 Å². The molecule has 0 bridgehead atoms. The number of alkyl halides is 1. The van der Waals surface area contributed by atoms with Gasteiger partial charge in [-0.1, -0.05) is 6.92 Å². The van der Waals surface area contributed by atoms with E-state index in [1.165, 1.54) is 11.0 Å². The largest absolute Gasteiger partial charge is 0.431 e. The standard InChI is InChI=1S/C21H22ClFN2O4/c1-4-21(28)6-5-17(26)25-10-14-13(9-22)12-7-11(2)15(23)8-16(12)24-18(14)20(25,3)29-19(21)27/h7-8,28H,4-6,9-10H2,1-3H3/t20-,21+/m1/s1. The number of nitrogens with zero attached hydrogens (tertiary/aromatic N) is 2. The third-order valence-corrected chi connectivity index (χ3v) is 6.47. The normalized spacial score (nSPS) is 26.8. The zero-order valence-electron chi connectivity index (χ0n) is 16.5. The molecule has 1 saturated heterocycles. The average Bonchev–Trinajstić information content (AvgIpc) is 2.96. The molecule has 1 amide bonds. The summed E-state index contributed by atoms with van der Waals surface area (Å²) in [7, 11) is 0. The molecule has 3 heterocycles. The van der Waals surface area contributed by atoms with Gasteiger partial charge in [-0.25, -0.2) is 14.2 Å². The van der Waals surface area contributed by atoms with E-state index in [4.69, 9.17) is 16.3 Å². The fraction of sp³-hybridized carbons (Fsp3) is 0.476. The molecule has 0 unspecified atom stereocenters. The molecular weight excluding hydrogens is 399 g/mol. The van der Waals surface area contributed by atoms with Crippen molar-refractivity contribution in [2.75, 3.05) is 0 Å². The Kier molecular flexibility index (Phi) is 4.59. The molecule has 2 atom stereocenters. The second-order valence-electron chi connectivity index (χ2n) is 7.91. The Morgan fingerprint density at radius 1 is 1.38 bits per heavy atom. The SMILES string of the molecule is CC[C@]1(O)CCC(=O)N2Cc3c(nc4cc(F)c(C)cc4c3CCl)[C@@]2(C)OC1=O. The molecule has 1 aromatic heterocycles. The Morgan fingerprint density at radius 3 is 2.76 bits per heavy atom. The zero-order valence-corrected chi connectivity index (χ0v) is 17.3. The third kappa shape index (κ3) is 2.82. The van der Waals surface area contributed by atoms with Gasteiger partial charge in [0, 0.05) is 36.2 Å². The molecule has 8 heteroatoms. The highest BCUT2D eigenvalue weighted by Gasteiger charge is 2.54. The Bertz CT molecular complexity index is 1060. The van der Waals surface area contributed by atoms with Crippen molar-refractivity contribution in [1.29, 1.82) is 0 Å². The fourth-order valence-corrected chi connectivity index (χ4v) is 4.52. The number of pyridine rings is 1. The lowest BCUT2D eigenvalue weighted by molar-refractivity contribution is -0.210. The highest BCUT2D eigenvalue weighted by Crippen LogP contribution is 2.45. The highest BCUT2D eigenvalue weighted by atomic mass is 35.5. The summed E-state index contributed by atoms with van der Waals surface area (Å²) in [6, 6.07) is 3.01. The fourth-order valence-electron chi connectivity index (χ4n) is 4.22. The molecule has 0 aliphatic carbocycles. The topological polar surface area (TPSA) is 79.7 Å². The molecular formula is C21H22ClFN2O4. The third-order valence-electron chi connectivity index (χ3n) is 6.20. The maximum Gasteiger partial charge on any atom is 0.340 e. The summed E-state index contributed by atoms with van der Waals surface area (Å²) in [6.07, 6.45) is 0.128. The van der Waals surface area contributed by atoms with Gasteiger partial charge < -0.3 is 9.84 Å². The molecule has 0 saturated carbocycles. The van der Waals surface area contributed by atoms with Crippen LogP contribution in [0.15, 0.2) is 12.1 Å². The first kappa shape index (κ1) is 20.0. The van der Waals surface area contributed by atoms with E-state index in [1.54, 1.807) is 26.8 Å². The number of aromatic nitrogens is 1. The van der Waals surface area contributed by atoms with Gasteiger partial charge in [0.25, 0.3) is 0 Å². The first-order valence-electron chi connectivity index (χ1n) is 9.59. The van der Waals surface area contributed by atoms with Crippen LogP contribution >= 0.6 is 11.6 Å². The van der Waals surface area contributed by atoms with E-state index in [1.807, 2.05) is 0 Å². The van der Waals surface area contributed by atoms with E-state index in [9.17, 15) is 19.1 Å². The summed E-state index contributed by atoms with van der Waals surface area (Å²) < 4.78 is 19.9. The van der Waals surface area contributed by atoms with Crippen LogP contribution in [0, 0.1) is 12.7 Å². The number of esters is 1. The number of benzene rings is 1. The summed E-state index contributed by atoms with van der Waals surface area (Å²) in [6.45, 7) is 5.09. The average molecular weight is 421 g/mol.